The molecule has 0 aliphatic heterocycles. The molecule has 1 aliphatic carbocycles. The topological polar surface area (TPSA) is 50.4 Å². The summed E-state index contributed by atoms with van der Waals surface area (Å²) in [5.41, 5.74) is 1.21. The Kier molecular flexibility index (Phi) is 2.55. The fourth-order valence-corrected chi connectivity index (χ4v) is 2.28. The second kappa shape index (κ2) is 3.72. The lowest BCUT2D eigenvalue weighted by Gasteiger charge is -2.13. The predicted molar refractivity (Wildman–Crippen MR) is 55.9 cm³/mol. The summed E-state index contributed by atoms with van der Waals surface area (Å²) in [4.78, 5) is 10.9. The fourth-order valence-electron chi connectivity index (χ4n) is 2.28. The summed E-state index contributed by atoms with van der Waals surface area (Å²) in [6.45, 7) is 3.81. The minimum Gasteiger partial charge on any atom is -0.481 e. The molecular formula is C12H16O3. The van der Waals surface area contributed by atoms with Gasteiger partial charge in [0.15, 0.2) is 0 Å². The number of furan rings is 1. The standard InChI is InChI=1S/C12H16O3/c1-3-9-6-8-4-5-10(11(8)15-9)7(2)12(13)14/h6-7,10H,3-5H2,1-2H3,(H,13,14). The summed E-state index contributed by atoms with van der Waals surface area (Å²) >= 11 is 0. The summed E-state index contributed by atoms with van der Waals surface area (Å²) in [6, 6.07) is 2.07. The van der Waals surface area contributed by atoms with Crippen molar-refractivity contribution in [2.45, 2.75) is 39.0 Å². The molecule has 15 heavy (non-hydrogen) atoms. The van der Waals surface area contributed by atoms with Gasteiger partial charge in [0.1, 0.15) is 11.5 Å². The molecule has 2 atom stereocenters. The van der Waals surface area contributed by atoms with Crippen LogP contribution in [0.4, 0.5) is 0 Å². The van der Waals surface area contributed by atoms with E-state index in [-0.39, 0.29) is 11.8 Å². The van der Waals surface area contributed by atoms with E-state index in [0.29, 0.717) is 0 Å². The van der Waals surface area contributed by atoms with Gasteiger partial charge in [-0.2, -0.15) is 0 Å². The smallest absolute Gasteiger partial charge is 0.306 e. The molecule has 0 bridgehead atoms. The van der Waals surface area contributed by atoms with E-state index in [0.717, 1.165) is 30.8 Å². The summed E-state index contributed by atoms with van der Waals surface area (Å²) in [5, 5.41) is 8.99. The van der Waals surface area contributed by atoms with Crippen molar-refractivity contribution >= 4 is 5.97 Å². The van der Waals surface area contributed by atoms with Gasteiger partial charge < -0.3 is 9.52 Å². The maximum atomic E-state index is 10.9. The third kappa shape index (κ3) is 1.66. The van der Waals surface area contributed by atoms with Crippen molar-refractivity contribution in [3.63, 3.8) is 0 Å². The number of hydrogen-bond donors (Lipinski definition) is 1. The van der Waals surface area contributed by atoms with Gasteiger partial charge in [0.05, 0.1) is 5.92 Å². The van der Waals surface area contributed by atoms with Crippen molar-refractivity contribution in [2.24, 2.45) is 5.92 Å². The largest absolute Gasteiger partial charge is 0.481 e. The molecule has 2 unspecified atom stereocenters. The molecule has 0 aromatic carbocycles. The highest BCUT2D eigenvalue weighted by molar-refractivity contribution is 5.71. The highest BCUT2D eigenvalue weighted by Crippen LogP contribution is 2.40. The monoisotopic (exact) mass is 208 g/mol. The van der Waals surface area contributed by atoms with Gasteiger partial charge in [-0.25, -0.2) is 0 Å². The summed E-state index contributed by atoms with van der Waals surface area (Å²) in [6.07, 6.45) is 2.74. The first-order valence-corrected chi connectivity index (χ1v) is 5.47. The van der Waals surface area contributed by atoms with Crippen LogP contribution in [0.15, 0.2) is 10.5 Å². The van der Waals surface area contributed by atoms with Gasteiger partial charge in [0, 0.05) is 12.3 Å². The Morgan fingerprint density at radius 1 is 1.73 bits per heavy atom. The second-order valence-corrected chi connectivity index (χ2v) is 4.23. The molecule has 3 nitrogen and oxygen atoms in total. The first-order valence-electron chi connectivity index (χ1n) is 5.47. The third-order valence-corrected chi connectivity index (χ3v) is 3.30. The zero-order valence-electron chi connectivity index (χ0n) is 9.12. The molecule has 82 valence electrons. The van der Waals surface area contributed by atoms with Crippen LogP contribution in [0.3, 0.4) is 0 Å². The quantitative estimate of drug-likeness (QED) is 0.830. The van der Waals surface area contributed by atoms with Crippen LogP contribution in [0, 0.1) is 5.92 Å². The Hall–Kier alpha value is -1.25. The van der Waals surface area contributed by atoms with E-state index in [2.05, 4.69) is 6.07 Å². The minimum atomic E-state index is -0.734. The summed E-state index contributed by atoms with van der Waals surface area (Å²) in [7, 11) is 0. The lowest BCUT2D eigenvalue weighted by molar-refractivity contribution is -0.142. The van der Waals surface area contributed by atoms with E-state index in [1.807, 2.05) is 6.92 Å². The molecule has 1 heterocycles. The Morgan fingerprint density at radius 2 is 2.47 bits per heavy atom. The van der Waals surface area contributed by atoms with Crippen LogP contribution in [0.1, 0.15) is 43.3 Å². The van der Waals surface area contributed by atoms with Gasteiger partial charge in [-0.3, -0.25) is 4.79 Å². The Balaban J connectivity index is 2.27. The van der Waals surface area contributed by atoms with E-state index in [1.165, 1.54) is 5.56 Å². The van der Waals surface area contributed by atoms with Crippen molar-refractivity contribution in [3.8, 4) is 0 Å². The molecule has 1 aromatic heterocycles. The number of carbonyl (C=O) groups is 1. The van der Waals surface area contributed by atoms with Gasteiger partial charge in [-0.15, -0.1) is 0 Å². The summed E-state index contributed by atoms with van der Waals surface area (Å²) < 4.78 is 5.70. The Morgan fingerprint density at radius 3 is 3.07 bits per heavy atom. The maximum absolute atomic E-state index is 10.9. The van der Waals surface area contributed by atoms with Crippen LogP contribution in [-0.2, 0) is 17.6 Å². The average Bonchev–Trinajstić information content (AvgIpc) is 2.74. The number of carboxylic acids is 1. The molecule has 0 saturated carbocycles. The van der Waals surface area contributed by atoms with Crippen molar-refractivity contribution in [2.75, 3.05) is 0 Å². The molecule has 2 rings (SSSR count). The van der Waals surface area contributed by atoms with Gasteiger partial charge in [0.25, 0.3) is 0 Å². The molecular weight excluding hydrogens is 192 g/mol. The summed E-state index contributed by atoms with van der Waals surface area (Å²) in [5.74, 6) is 0.881. The van der Waals surface area contributed by atoms with Crippen LogP contribution in [0.5, 0.6) is 0 Å². The first-order chi connectivity index (χ1) is 7.13. The molecule has 0 radical (unpaired) electrons. The van der Waals surface area contributed by atoms with E-state index in [1.54, 1.807) is 6.92 Å². The van der Waals surface area contributed by atoms with Gasteiger partial charge in [-0.05, 0) is 24.5 Å². The Labute approximate surface area is 89.1 Å². The molecule has 0 fully saturated rings. The number of aryl methyl sites for hydroxylation is 2. The zero-order valence-corrected chi connectivity index (χ0v) is 9.12. The number of hydrogen-bond acceptors (Lipinski definition) is 2. The minimum absolute atomic E-state index is 0.0674. The molecule has 0 spiro atoms. The van der Waals surface area contributed by atoms with Crippen LogP contribution in [0.2, 0.25) is 0 Å². The van der Waals surface area contributed by atoms with Gasteiger partial charge >= 0.3 is 5.97 Å². The van der Waals surface area contributed by atoms with Crippen molar-refractivity contribution < 1.29 is 14.3 Å². The zero-order chi connectivity index (χ0) is 11.0. The van der Waals surface area contributed by atoms with Crippen LogP contribution in [0.25, 0.3) is 0 Å². The third-order valence-electron chi connectivity index (χ3n) is 3.30. The molecule has 3 heteroatoms. The number of carboxylic acid groups (broad SMARTS) is 1. The maximum Gasteiger partial charge on any atom is 0.306 e. The average molecular weight is 208 g/mol. The van der Waals surface area contributed by atoms with Gasteiger partial charge in [0.2, 0.25) is 0 Å². The highest BCUT2D eigenvalue weighted by Gasteiger charge is 2.34. The van der Waals surface area contributed by atoms with E-state index < -0.39 is 5.97 Å². The second-order valence-electron chi connectivity index (χ2n) is 4.23. The Bertz CT molecular complexity index is 378. The lowest BCUT2D eigenvalue weighted by Crippen LogP contribution is -2.16. The number of fused-ring (bicyclic) bond motifs is 1. The van der Waals surface area contributed by atoms with E-state index in [4.69, 9.17) is 9.52 Å². The van der Waals surface area contributed by atoms with Crippen molar-refractivity contribution in [1.82, 2.24) is 0 Å². The van der Waals surface area contributed by atoms with Crippen molar-refractivity contribution in [1.29, 1.82) is 0 Å². The first kappa shape index (κ1) is 10.3. The number of aliphatic carboxylic acids is 1. The molecule has 0 saturated heterocycles. The lowest BCUT2D eigenvalue weighted by atomic mass is 9.93. The van der Waals surface area contributed by atoms with E-state index in [9.17, 15) is 4.79 Å². The fraction of sp³-hybridized carbons (Fsp3) is 0.583. The molecule has 1 aliphatic rings. The SMILES string of the molecule is CCc1cc2c(o1)C(C(C)C(=O)O)CC2. The predicted octanol–water partition coefficient (Wildman–Crippen LogP) is 2.59. The molecule has 1 aromatic rings. The molecule has 1 N–H and O–H groups in total. The number of rotatable bonds is 3. The molecule has 0 amide bonds. The highest BCUT2D eigenvalue weighted by atomic mass is 16.4. The van der Waals surface area contributed by atoms with E-state index >= 15 is 0 Å². The van der Waals surface area contributed by atoms with Crippen molar-refractivity contribution in [3.05, 3.63) is 23.2 Å². The normalized spacial score (nSPS) is 21.3. The van der Waals surface area contributed by atoms with Crippen LogP contribution in [-0.4, -0.2) is 11.1 Å². The van der Waals surface area contributed by atoms with Crippen LogP contribution < -0.4 is 0 Å². The van der Waals surface area contributed by atoms with Crippen LogP contribution >= 0.6 is 0 Å². The van der Waals surface area contributed by atoms with Gasteiger partial charge in [-0.1, -0.05) is 13.8 Å².